The number of benzene rings is 2. The van der Waals surface area contributed by atoms with Gasteiger partial charge in [0.15, 0.2) is 0 Å². The minimum atomic E-state index is -3.92. The minimum absolute atomic E-state index is 0.158. The lowest BCUT2D eigenvalue weighted by Gasteiger charge is -2.32. The van der Waals surface area contributed by atoms with Crippen molar-refractivity contribution in [1.82, 2.24) is 10.0 Å². The number of hydrogen-bond donors (Lipinski definition) is 2. The van der Waals surface area contributed by atoms with E-state index in [4.69, 9.17) is 16.3 Å². The molecule has 1 fully saturated rings. The van der Waals surface area contributed by atoms with Gasteiger partial charge in [0.25, 0.3) is 0 Å². The van der Waals surface area contributed by atoms with Gasteiger partial charge in [-0.3, -0.25) is 0 Å². The highest BCUT2D eigenvalue weighted by molar-refractivity contribution is 8.18. The minimum Gasteiger partial charge on any atom is -0.458 e. The lowest BCUT2D eigenvalue weighted by molar-refractivity contribution is -0.160. The maximum Gasteiger partial charge on any atom is 0.328 e. The van der Waals surface area contributed by atoms with Gasteiger partial charge in [0.2, 0.25) is 10.0 Å². The van der Waals surface area contributed by atoms with Crippen molar-refractivity contribution in [3.8, 4) is 0 Å². The Bertz CT molecular complexity index is 1300. The molecule has 4 rings (SSSR count). The fraction of sp³-hybridized carbons (Fsp3) is 0.483. The van der Waals surface area contributed by atoms with Crippen LogP contribution in [0.25, 0.3) is 4.91 Å². The van der Waals surface area contributed by atoms with E-state index in [9.17, 15) is 13.2 Å². The van der Waals surface area contributed by atoms with Crippen molar-refractivity contribution in [3.63, 3.8) is 0 Å². The average molecular weight is 577 g/mol. The Hall–Kier alpha value is -1.84. The summed E-state index contributed by atoms with van der Waals surface area (Å²) >= 11 is 7.31. The van der Waals surface area contributed by atoms with Crippen molar-refractivity contribution in [2.75, 3.05) is 6.54 Å². The Morgan fingerprint density at radius 3 is 2.42 bits per heavy atom. The van der Waals surface area contributed by atoms with Crippen LogP contribution >= 0.6 is 23.4 Å². The van der Waals surface area contributed by atoms with Gasteiger partial charge in [-0.2, -0.15) is 4.72 Å². The molecule has 38 heavy (non-hydrogen) atoms. The highest BCUT2D eigenvalue weighted by Gasteiger charge is 2.75. The lowest BCUT2D eigenvalue weighted by Crippen LogP contribution is -2.55. The number of rotatable bonds is 11. The smallest absolute Gasteiger partial charge is 0.328 e. The number of carbonyl (C=O) groups is 1. The van der Waals surface area contributed by atoms with E-state index < -0.39 is 37.1 Å². The number of ether oxygens (including phenoxy) is 1. The number of thioether (sulfide) groups is 1. The van der Waals surface area contributed by atoms with Gasteiger partial charge >= 0.3 is 5.97 Å². The second kappa shape index (κ2) is 11.0. The van der Waals surface area contributed by atoms with Gasteiger partial charge in [-0.15, -0.1) is 11.8 Å². The molecule has 0 saturated heterocycles. The number of nitrogens with one attached hydrogen (secondary N) is 2. The number of esters is 1. The maximum absolute atomic E-state index is 13.9. The summed E-state index contributed by atoms with van der Waals surface area (Å²) in [4.78, 5) is 14.8. The Morgan fingerprint density at radius 1 is 1.16 bits per heavy atom. The van der Waals surface area contributed by atoms with E-state index in [1.165, 1.54) is 11.8 Å². The molecule has 2 N–H and O–H groups in total. The van der Waals surface area contributed by atoms with Crippen LogP contribution in [0.1, 0.15) is 65.0 Å². The van der Waals surface area contributed by atoms with E-state index >= 15 is 0 Å². The zero-order valence-electron chi connectivity index (χ0n) is 22.6. The highest BCUT2D eigenvalue weighted by atomic mass is 35.5. The Labute approximate surface area is 236 Å². The van der Waals surface area contributed by atoms with Gasteiger partial charge in [0.05, 0.1) is 0 Å². The average Bonchev–Trinajstić information content (AvgIpc) is 3.24. The standard InChI is InChI=1S/C29H37ClN2O4S2/c1-6-27(4,5)36-26(33)29(18-28(29,19-31-20(2)3)22-10-8-7-9-11-22)32-38(34,35)25-17-16-24(37-25)21-12-14-23(30)15-13-21/h7-16,20,25,31-32H,6,17-19H2,1-5H3. The van der Waals surface area contributed by atoms with Gasteiger partial charge < -0.3 is 10.1 Å². The molecular formula is C29H37ClN2O4S2. The van der Waals surface area contributed by atoms with E-state index in [-0.39, 0.29) is 6.04 Å². The van der Waals surface area contributed by atoms with Gasteiger partial charge in [-0.05, 0) is 56.4 Å². The molecule has 2 aliphatic rings. The molecule has 1 aliphatic carbocycles. The van der Waals surface area contributed by atoms with Crippen LogP contribution < -0.4 is 10.0 Å². The Balaban J connectivity index is 1.67. The first kappa shape index (κ1) is 29.2. The van der Waals surface area contributed by atoms with Gasteiger partial charge in [0, 0.05) is 27.9 Å². The zero-order chi connectivity index (χ0) is 27.8. The zero-order valence-corrected chi connectivity index (χ0v) is 25.0. The third-order valence-corrected chi connectivity index (χ3v) is 11.4. The molecule has 3 atom stereocenters. The third kappa shape index (κ3) is 5.85. The fourth-order valence-corrected chi connectivity index (χ4v) is 8.15. The van der Waals surface area contributed by atoms with E-state index in [1.807, 2.05) is 83.2 Å². The third-order valence-electron chi connectivity index (χ3n) is 7.51. The molecule has 3 unspecified atom stereocenters. The van der Waals surface area contributed by atoms with Gasteiger partial charge in [-0.1, -0.05) is 80.9 Å². The first-order valence-corrected chi connectivity index (χ1v) is 15.8. The number of halogens is 1. The summed E-state index contributed by atoms with van der Waals surface area (Å²) in [5.41, 5.74) is -1.09. The molecule has 9 heteroatoms. The molecule has 2 aromatic carbocycles. The van der Waals surface area contributed by atoms with Crippen molar-refractivity contribution in [2.24, 2.45) is 0 Å². The topological polar surface area (TPSA) is 84.5 Å². The molecule has 1 saturated carbocycles. The first-order chi connectivity index (χ1) is 17.8. The van der Waals surface area contributed by atoms with Crippen molar-refractivity contribution in [2.45, 2.75) is 81.1 Å². The van der Waals surface area contributed by atoms with Crippen LogP contribution in [0.15, 0.2) is 60.7 Å². The first-order valence-electron chi connectivity index (χ1n) is 13.0. The molecule has 206 valence electrons. The Morgan fingerprint density at radius 2 is 1.82 bits per heavy atom. The largest absolute Gasteiger partial charge is 0.458 e. The van der Waals surface area contributed by atoms with Crippen LogP contribution in [-0.4, -0.2) is 42.7 Å². The lowest BCUT2D eigenvalue weighted by atomic mass is 9.90. The normalized spacial score (nSPS) is 25.3. The van der Waals surface area contributed by atoms with Crippen molar-refractivity contribution >= 4 is 44.3 Å². The molecule has 0 amide bonds. The summed E-state index contributed by atoms with van der Waals surface area (Å²) < 4.78 is 35.9. The molecule has 0 aromatic heterocycles. The van der Waals surface area contributed by atoms with E-state index in [2.05, 4.69) is 10.0 Å². The summed E-state index contributed by atoms with van der Waals surface area (Å²) in [6.07, 6.45) is 3.19. The summed E-state index contributed by atoms with van der Waals surface area (Å²) in [5, 5.41) is 4.08. The van der Waals surface area contributed by atoms with Gasteiger partial charge in [-0.25, -0.2) is 13.2 Å². The molecule has 6 nitrogen and oxygen atoms in total. The monoisotopic (exact) mass is 576 g/mol. The van der Waals surface area contributed by atoms with Crippen LogP contribution in [0.4, 0.5) is 0 Å². The van der Waals surface area contributed by atoms with Crippen LogP contribution in [0, 0.1) is 0 Å². The molecule has 2 aromatic rings. The van der Waals surface area contributed by atoms with Crippen LogP contribution in [0.3, 0.4) is 0 Å². The predicted molar refractivity (Wildman–Crippen MR) is 157 cm³/mol. The fourth-order valence-electron chi connectivity index (χ4n) is 4.80. The van der Waals surface area contributed by atoms with E-state index in [0.29, 0.717) is 30.8 Å². The number of sulfonamides is 1. The van der Waals surface area contributed by atoms with E-state index in [1.54, 1.807) is 12.1 Å². The number of allylic oxidation sites excluding steroid dienone is 1. The van der Waals surface area contributed by atoms with Crippen LogP contribution in [-0.2, 0) is 25.0 Å². The van der Waals surface area contributed by atoms with Crippen LogP contribution in [0.5, 0.6) is 0 Å². The van der Waals surface area contributed by atoms with Crippen molar-refractivity contribution in [3.05, 3.63) is 76.8 Å². The summed E-state index contributed by atoms with van der Waals surface area (Å²) in [5.74, 6) is -0.531. The predicted octanol–water partition coefficient (Wildman–Crippen LogP) is 5.87. The SMILES string of the molecule is CCC(C)(C)OC(=O)C1(NS(=O)(=O)C2CC=C(c3ccc(Cl)cc3)S2)CC1(CNC(C)C)c1ccccc1. The second-order valence-corrected chi connectivity index (χ2v) is 14.9. The quantitative estimate of drug-likeness (QED) is 0.325. The van der Waals surface area contributed by atoms with Crippen LogP contribution in [0.2, 0.25) is 5.02 Å². The summed E-state index contributed by atoms with van der Waals surface area (Å²) in [6.45, 7) is 10.1. The number of carbonyl (C=O) groups excluding carboxylic acids is 1. The maximum atomic E-state index is 13.9. The molecule has 0 spiro atoms. The van der Waals surface area contributed by atoms with Crippen molar-refractivity contribution in [1.29, 1.82) is 0 Å². The molecule has 1 heterocycles. The molecule has 0 radical (unpaired) electrons. The van der Waals surface area contributed by atoms with E-state index in [0.717, 1.165) is 16.0 Å². The summed E-state index contributed by atoms with van der Waals surface area (Å²) in [6, 6.07) is 17.2. The van der Waals surface area contributed by atoms with Crippen molar-refractivity contribution < 1.29 is 17.9 Å². The molecule has 0 bridgehead atoms. The summed E-state index contributed by atoms with van der Waals surface area (Å²) in [7, 11) is -3.92. The number of hydrogen-bond acceptors (Lipinski definition) is 6. The highest BCUT2D eigenvalue weighted by Crippen LogP contribution is 2.59. The second-order valence-electron chi connectivity index (χ2n) is 11.1. The molecule has 1 aliphatic heterocycles. The molecular weight excluding hydrogens is 540 g/mol. The van der Waals surface area contributed by atoms with Gasteiger partial charge in [0.1, 0.15) is 15.7 Å². The Kier molecular flexibility index (Phi) is 8.41.